The molecule has 102 valence electrons. The predicted octanol–water partition coefficient (Wildman–Crippen LogP) is 3.42. The molecule has 0 spiro atoms. The van der Waals surface area contributed by atoms with Gasteiger partial charge in [0.25, 0.3) is 0 Å². The Morgan fingerprint density at radius 2 is 2.00 bits per heavy atom. The van der Waals surface area contributed by atoms with E-state index in [-0.39, 0.29) is 0 Å². The van der Waals surface area contributed by atoms with Gasteiger partial charge in [0.1, 0.15) is 0 Å². The van der Waals surface area contributed by atoms with Gasteiger partial charge in [-0.15, -0.1) is 0 Å². The summed E-state index contributed by atoms with van der Waals surface area (Å²) < 4.78 is 0. The highest BCUT2D eigenvalue weighted by atomic mass is 15.2. The van der Waals surface area contributed by atoms with Crippen LogP contribution in [-0.4, -0.2) is 36.1 Å². The average Bonchev–Trinajstić information content (AvgIpc) is 2.36. The number of hydrogen-bond acceptors (Lipinski definition) is 2. The number of nitrogens with zero attached hydrogens (tertiary/aromatic N) is 1. The van der Waals surface area contributed by atoms with E-state index in [0.717, 1.165) is 18.1 Å². The summed E-state index contributed by atoms with van der Waals surface area (Å²) in [6, 6.07) is 2.25. The van der Waals surface area contributed by atoms with Crippen molar-refractivity contribution in [3.63, 3.8) is 0 Å². The minimum atomic E-state index is 0.729. The average molecular weight is 240 g/mol. The van der Waals surface area contributed by atoms with Gasteiger partial charge in [-0.25, -0.2) is 0 Å². The smallest absolute Gasteiger partial charge is 0.0221 e. The number of rotatable bonds is 7. The van der Waals surface area contributed by atoms with Crippen molar-refractivity contribution in [2.75, 3.05) is 13.1 Å². The van der Waals surface area contributed by atoms with Gasteiger partial charge in [-0.2, -0.15) is 0 Å². The third kappa shape index (κ3) is 4.59. The summed E-state index contributed by atoms with van der Waals surface area (Å²) >= 11 is 0. The first-order valence-corrected chi connectivity index (χ1v) is 7.71. The van der Waals surface area contributed by atoms with Crippen molar-refractivity contribution in [3.05, 3.63) is 0 Å². The molecule has 0 aromatic heterocycles. The minimum absolute atomic E-state index is 0.729. The summed E-state index contributed by atoms with van der Waals surface area (Å²) in [6.07, 6.45) is 7.97. The van der Waals surface area contributed by atoms with Crippen LogP contribution in [0.25, 0.3) is 0 Å². The molecule has 0 radical (unpaired) electrons. The molecule has 1 fully saturated rings. The lowest BCUT2D eigenvalue weighted by atomic mass is 9.99. The first-order valence-electron chi connectivity index (χ1n) is 7.71. The van der Waals surface area contributed by atoms with E-state index in [1.807, 2.05) is 0 Å². The van der Waals surface area contributed by atoms with Crippen molar-refractivity contribution in [3.8, 4) is 0 Å². The zero-order valence-corrected chi connectivity index (χ0v) is 12.3. The van der Waals surface area contributed by atoms with Crippen LogP contribution >= 0.6 is 0 Å². The number of unbranched alkanes of at least 4 members (excludes halogenated alkanes) is 1. The van der Waals surface area contributed by atoms with Crippen molar-refractivity contribution in [2.45, 2.75) is 84.3 Å². The Labute approximate surface area is 108 Å². The quantitative estimate of drug-likeness (QED) is 0.733. The van der Waals surface area contributed by atoms with Gasteiger partial charge in [0.2, 0.25) is 0 Å². The molecule has 3 unspecified atom stereocenters. The van der Waals surface area contributed by atoms with E-state index in [4.69, 9.17) is 0 Å². The zero-order chi connectivity index (χ0) is 12.7. The summed E-state index contributed by atoms with van der Waals surface area (Å²) in [4.78, 5) is 2.77. The van der Waals surface area contributed by atoms with Crippen LogP contribution in [0, 0.1) is 0 Å². The van der Waals surface area contributed by atoms with E-state index in [2.05, 4.69) is 37.9 Å². The third-order valence-electron chi connectivity index (χ3n) is 4.19. The molecule has 0 bridgehead atoms. The van der Waals surface area contributed by atoms with E-state index in [1.165, 1.54) is 51.6 Å². The van der Waals surface area contributed by atoms with E-state index in [0.29, 0.717) is 0 Å². The van der Waals surface area contributed by atoms with Crippen molar-refractivity contribution >= 4 is 0 Å². The van der Waals surface area contributed by atoms with Crippen molar-refractivity contribution in [1.29, 1.82) is 0 Å². The first-order chi connectivity index (χ1) is 8.22. The van der Waals surface area contributed by atoms with Crippen LogP contribution in [0.15, 0.2) is 0 Å². The molecule has 0 saturated carbocycles. The molecule has 1 saturated heterocycles. The van der Waals surface area contributed by atoms with Crippen LogP contribution in [0.3, 0.4) is 0 Å². The normalized spacial score (nSPS) is 28.2. The Kier molecular flexibility index (Phi) is 7.14. The maximum absolute atomic E-state index is 3.72. The van der Waals surface area contributed by atoms with Crippen LogP contribution in [0.1, 0.15) is 66.2 Å². The van der Waals surface area contributed by atoms with Gasteiger partial charge in [0, 0.05) is 31.2 Å². The molecule has 0 amide bonds. The Morgan fingerprint density at radius 3 is 2.59 bits per heavy atom. The lowest BCUT2D eigenvalue weighted by molar-refractivity contribution is 0.0787. The zero-order valence-electron chi connectivity index (χ0n) is 12.3. The topological polar surface area (TPSA) is 15.3 Å². The van der Waals surface area contributed by atoms with Gasteiger partial charge in [-0.1, -0.05) is 40.0 Å². The van der Waals surface area contributed by atoms with Gasteiger partial charge in [0.05, 0.1) is 0 Å². The second kappa shape index (κ2) is 8.10. The number of hydrogen-bond donors (Lipinski definition) is 1. The summed E-state index contributed by atoms with van der Waals surface area (Å²) in [6.45, 7) is 11.8. The Balaban J connectivity index is 2.49. The highest BCUT2D eigenvalue weighted by molar-refractivity contribution is 4.87. The predicted molar refractivity (Wildman–Crippen MR) is 76.5 cm³/mol. The van der Waals surface area contributed by atoms with E-state index in [1.54, 1.807) is 0 Å². The Bertz CT molecular complexity index is 193. The standard InChI is InChI=1S/C15H32N2/c1-5-8-10-13(4)17-12-14(9-6-2)16-11-15(17)7-3/h13-16H,5-12H2,1-4H3. The van der Waals surface area contributed by atoms with Crippen LogP contribution in [-0.2, 0) is 0 Å². The van der Waals surface area contributed by atoms with Crippen LogP contribution < -0.4 is 5.32 Å². The molecule has 1 heterocycles. The van der Waals surface area contributed by atoms with Crippen molar-refractivity contribution in [1.82, 2.24) is 10.2 Å². The van der Waals surface area contributed by atoms with Crippen molar-refractivity contribution < 1.29 is 0 Å². The van der Waals surface area contributed by atoms with Gasteiger partial charge in [-0.05, 0) is 26.2 Å². The molecule has 3 atom stereocenters. The second-order valence-corrected chi connectivity index (χ2v) is 5.64. The fourth-order valence-electron chi connectivity index (χ4n) is 3.01. The summed E-state index contributed by atoms with van der Waals surface area (Å²) in [7, 11) is 0. The highest BCUT2D eigenvalue weighted by Crippen LogP contribution is 2.19. The van der Waals surface area contributed by atoms with Gasteiger partial charge in [0.15, 0.2) is 0 Å². The molecule has 1 aliphatic rings. The molecule has 0 aliphatic carbocycles. The molecule has 1 N–H and O–H groups in total. The van der Waals surface area contributed by atoms with Crippen molar-refractivity contribution in [2.24, 2.45) is 0 Å². The monoisotopic (exact) mass is 240 g/mol. The van der Waals surface area contributed by atoms with E-state index in [9.17, 15) is 0 Å². The molecule has 0 aromatic rings. The molecule has 1 rings (SSSR count). The van der Waals surface area contributed by atoms with E-state index < -0.39 is 0 Å². The lowest BCUT2D eigenvalue weighted by Gasteiger charge is -2.43. The van der Waals surface area contributed by atoms with Crippen LogP contribution in [0.4, 0.5) is 0 Å². The Morgan fingerprint density at radius 1 is 1.24 bits per heavy atom. The largest absolute Gasteiger partial charge is 0.311 e. The summed E-state index contributed by atoms with van der Waals surface area (Å²) in [5.41, 5.74) is 0. The molecule has 2 heteroatoms. The third-order valence-corrected chi connectivity index (χ3v) is 4.19. The maximum Gasteiger partial charge on any atom is 0.0221 e. The fraction of sp³-hybridized carbons (Fsp3) is 1.00. The fourth-order valence-corrected chi connectivity index (χ4v) is 3.01. The Hall–Kier alpha value is -0.0800. The molecular weight excluding hydrogens is 208 g/mol. The molecular formula is C15H32N2. The number of piperazine rings is 1. The number of nitrogens with one attached hydrogen (secondary N) is 1. The summed E-state index contributed by atoms with van der Waals surface area (Å²) in [5.74, 6) is 0. The first kappa shape index (κ1) is 15.0. The van der Waals surface area contributed by atoms with Gasteiger partial charge >= 0.3 is 0 Å². The van der Waals surface area contributed by atoms with Crippen LogP contribution in [0.5, 0.6) is 0 Å². The lowest BCUT2D eigenvalue weighted by Crippen LogP contribution is -2.58. The minimum Gasteiger partial charge on any atom is -0.311 e. The molecule has 1 aliphatic heterocycles. The van der Waals surface area contributed by atoms with Crippen LogP contribution in [0.2, 0.25) is 0 Å². The highest BCUT2D eigenvalue weighted by Gasteiger charge is 2.29. The second-order valence-electron chi connectivity index (χ2n) is 5.64. The SMILES string of the molecule is CCCCC(C)N1CC(CCC)NCC1CC. The van der Waals surface area contributed by atoms with E-state index >= 15 is 0 Å². The van der Waals surface area contributed by atoms with Gasteiger partial charge < -0.3 is 5.32 Å². The maximum atomic E-state index is 3.72. The summed E-state index contributed by atoms with van der Waals surface area (Å²) in [5, 5.41) is 3.72. The van der Waals surface area contributed by atoms with Gasteiger partial charge in [-0.3, -0.25) is 4.90 Å². The molecule has 17 heavy (non-hydrogen) atoms. The molecule has 2 nitrogen and oxygen atoms in total. The molecule has 0 aromatic carbocycles.